The van der Waals surface area contributed by atoms with Crippen molar-refractivity contribution in [1.82, 2.24) is 0 Å². The number of rotatable bonds is 7. The van der Waals surface area contributed by atoms with Gasteiger partial charge in [-0.3, -0.25) is 0 Å². The SMILES string of the molecule is CC/C(=C\F)COc1ccc(S(=O)(=O)CC(C)C)cc1. The third kappa shape index (κ3) is 4.96. The summed E-state index contributed by atoms with van der Waals surface area (Å²) in [4.78, 5) is 0.287. The molecule has 0 spiro atoms. The molecular formula is C15H21FO3S. The lowest BCUT2D eigenvalue weighted by Gasteiger charge is -2.09. The van der Waals surface area contributed by atoms with Crippen molar-refractivity contribution in [1.29, 1.82) is 0 Å². The minimum absolute atomic E-state index is 0.0812. The summed E-state index contributed by atoms with van der Waals surface area (Å²) in [6, 6.07) is 6.24. The molecule has 5 heteroatoms. The molecule has 0 atom stereocenters. The average Bonchev–Trinajstić information content (AvgIpc) is 2.39. The third-order valence-corrected chi connectivity index (χ3v) is 4.86. The zero-order valence-corrected chi connectivity index (χ0v) is 12.9. The Hall–Kier alpha value is -1.36. The Balaban J connectivity index is 2.74. The van der Waals surface area contributed by atoms with Gasteiger partial charge < -0.3 is 4.74 Å². The summed E-state index contributed by atoms with van der Waals surface area (Å²) < 4.78 is 41.8. The molecule has 0 aliphatic rings. The summed E-state index contributed by atoms with van der Waals surface area (Å²) >= 11 is 0. The Morgan fingerprint density at radius 3 is 2.35 bits per heavy atom. The molecule has 0 amide bonds. The van der Waals surface area contributed by atoms with Crippen molar-refractivity contribution < 1.29 is 17.5 Å². The van der Waals surface area contributed by atoms with Crippen molar-refractivity contribution in [2.45, 2.75) is 32.1 Å². The lowest BCUT2D eigenvalue weighted by Crippen LogP contribution is -2.11. The summed E-state index contributed by atoms with van der Waals surface area (Å²) in [5, 5.41) is 0. The van der Waals surface area contributed by atoms with Crippen LogP contribution in [0.2, 0.25) is 0 Å². The van der Waals surface area contributed by atoms with Crippen LogP contribution < -0.4 is 4.74 Å². The molecule has 1 aromatic rings. The highest BCUT2D eigenvalue weighted by atomic mass is 32.2. The molecule has 0 radical (unpaired) electrons. The van der Waals surface area contributed by atoms with E-state index in [9.17, 15) is 12.8 Å². The van der Waals surface area contributed by atoms with Crippen LogP contribution in [-0.2, 0) is 9.84 Å². The summed E-state index contributed by atoms with van der Waals surface area (Å²) in [5.41, 5.74) is 0.557. The van der Waals surface area contributed by atoms with E-state index in [-0.39, 0.29) is 23.2 Å². The largest absolute Gasteiger partial charge is 0.489 e. The second-order valence-corrected chi connectivity index (χ2v) is 7.09. The van der Waals surface area contributed by atoms with E-state index in [0.29, 0.717) is 24.1 Å². The molecular weight excluding hydrogens is 279 g/mol. The van der Waals surface area contributed by atoms with Crippen LogP contribution in [0, 0.1) is 5.92 Å². The molecule has 0 saturated heterocycles. The molecule has 0 heterocycles. The molecule has 0 aliphatic carbocycles. The van der Waals surface area contributed by atoms with E-state index in [2.05, 4.69) is 0 Å². The fourth-order valence-electron chi connectivity index (χ4n) is 1.67. The lowest BCUT2D eigenvalue weighted by atomic mass is 10.2. The molecule has 0 aliphatic heterocycles. The van der Waals surface area contributed by atoms with Gasteiger partial charge in [0.1, 0.15) is 12.4 Å². The third-order valence-electron chi connectivity index (χ3n) is 2.77. The van der Waals surface area contributed by atoms with Crippen LogP contribution in [0.3, 0.4) is 0 Å². The standard InChI is InChI=1S/C15H21FO3S/c1-4-13(9-16)10-19-14-5-7-15(8-6-14)20(17,18)11-12(2)3/h5-9,12H,4,10-11H2,1-3H3/b13-9+. The van der Waals surface area contributed by atoms with Crippen LogP contribution in [0.15, 0.2) is 41.1 Å². The first kappa shape index (κ1) is 16.7. The van der Waals surface area contributed by atoms with Crippen LogP contribution in [0.5, 0.6) is 5.75 Å². The Kier molecular flexibility index (Phi) is 6.20. The zero-order chi connectivity index (χ0) is 15.2. The van der Waals surface area contributed by atoms with Gasteiger partial charge in [0.2, 0.25) is 0 Å². The van der Waals surface area contributed by atoms with Gasteiger partial charge in [-0.2, -0.15) is 0 Å². The Labute approximate surface area is 120 Å². The summed E-state index contributed by atoms with van der Waals surface area (Å²) in [5.74, 6) is 0.733. The van der Waals surface area contributed by atoms with Crippen LogP contribution in [0.25, 0.3) is 0 Å². The first-order valence-electron chi connectivity index (χ1n) is 6.62. The van der Waals surface area contributed by atoms with Crippen LogP contribution >= 0.6 is 0 Å². The molecule has 1 rings (SSSR count). The second-order valence-electron chi connectivity index (χ2n) is 5.06. The molecule has 0 unspecified atom stereocenters. The van der Waals surface area contributed by atoms with Gasteiger partial charge in [-0.05, 0) is 42.2 Å². The predicted molar refractivity (Wildman–Crippen MR) is 78.3 cm³/mol. The highest BCUT2D eigenvalue weighted by molar-refractivity contribution is 7.91. The normalized spacial score (nSPS) is 12.8. The minimum Gasteiger partial charge on any atom is -0.489 e. The Morgan fingerprint density at radius 2 is 1.90 bits per heavy atom. The van der Waals surface area contributed by atoms with E-state index in [1.807, 2.05) is 20.8 Å². The van der Waals surface area contributed by atoms with Gasteiger partial charge >= 0.3 is 0 Å². The van der Waals surface area contributed by atoms with Gasteiger partial charge in [0.25, 0.3) is 0 Å². The quantitative estimate of drug-likeness (QED) is 0.770. The van der Waals surface area contributed by atoms with Crippen molar-refractivity contribution in [2.24, 2.45) is 5.92 Å². The first-order valence-corrected chi connectivity index (χ1v) is 8.28. The number of sulfone groups is 1. The van der Waals surface area contributed by atoms with Crippen LogP contribution in [-0.4, -0.2) is 20.8 Å². The van der Waals surface area contributed by atoms with E-state index < -0.39 is 9.84 Å². The number of benzene rings is 1. The van der Waals surface area contributed by atoms with Crippen LogP contribution in [0.4, 0.5) is 4.39 Å². The van der Waals surface area contributed by atoms with E-state index in [4.69, 9.17) is 4.74 Å². The number of halogens is 1. The second kappa shape index (κ2) is 7.43. The minimum atomic E-state index is -3.24. The van der Waals surface area contributed by atoms with Gasteiger partial charge in [-0.1, -0.05) is 20.8 Å². The monoisotopic (exact) mass is 300 g/mol. The number of hydrogen-bond donors (Lipinski definition) is 0. The highest BCUT2D eigenvalue weighted by Crippen LogP contribution is 2.19. The van der Waals surface area contributed by atoms with Gasteiger partial charge in [0.05, 0.1) is 17.0 Å². The van der Waals surface area contributed by atoms with Gasteiger partial charge in [-0.25, -0.2) is 12.8 Å². The van der Waals surface area contributed by atoms with Crippen LogP contribution in [0.1, 0.15) is 27.2 Å². The molecule has 112 valence electrons. The summed E-state index contributed by atoms with van der Waals surface area (Å²) in [6.07, 6.45) is 1.12. The molecule has 3 nitrogen and oxygen atoms in total. The van der Waals surface area contributed by atoms with Crippen molar-refractivity contribution in [2.75, 3.05) is 12.4 Å². The number of hydrogen-bond acceptors (Lipinski definition) is 3. The van der Waals surface area contributed by atoms with Crippen molar-refractivity contribution >= 4 is 9.84 Å². The molecule has 0 fully saturated rings. The van der Waals surface area contributed by atoms with E-state index >= 15 is 0 Å². The smallest absolute Gasteiger partial charge is 0.178 e. The maximum absolute atomic E-state index is 12.4. The van der Waals surface area contributed by atoms with E-state index in [1.54, 1.807) is 12.1 Å². The fraction of sp³-hybridized carbons (Fsp3) is 0.467. The summed E-state index contributed by atoms with van der Waals surface area (Å²) in [6.45, 7) is 5.75. The van der Waals surface area contributed by atoms with E-state index in [1.165, 1.54) is 12.1 Å². The lowest BCUT2D eigenvalue weighted by molar-refractivity contribution is 0.345. The molecule has 0 saturated carbocycles. The number of ether oxygens (including phenoxy) is 1. The van der Waals surface area contributed by atoms with Gasteiger partial charge in [0, 0.05) is 0 Å². The average molecular weight is 300 g/mol. The fourth-order valence-corrected chi connectivity index (χ4v) is 3.29. The van der Waals surface area contributed by atoms with Gasteiger partial charge in [0.15, 0.2) is 9.84 Å². The molecule has 0 N–H and O–H groups in total. The Morgan fingerprint density at radius 1 is 1.30 bits per heavy atom. The molecule has 1 aromatic carbocycles. The van der Waals surface area contributed by atoms with E-state index in [0.717, 1.165) is 0 Å². The van der Waals surface area contributed by atoms with Crippen molar-refractivity contribution in [3.8, 4) is 5.75 Å². The molecule has 0 bridgehead atoms. The van der Waals surface area contributed by atoms with Crippen molar-refractivity contribution in [3.05, 3.63) is 36.2 Å². The molecule has 20 heavy (non-hydrogen) atoms. The molecule has 0 aromatic heterocycles. The maximum atomic E-state index is 12.4. The first-order chi connectivity index (χ1) is 9.39. The predicted octanol–water partition coefficient (Wildman–Crippen LogP) is 3.76. The Bertz CT molecular complexity index is 545. The van der Waals surface area contributed by atoms with Crippen molar-refractivity contribution in [3.63, 3.8) is 0 Å². The zero-order valence-electron chi connectivity index (χ0n) is 12.1. The topological polar surface area (TPSA) is 43.4 Å². The van der Waals surface area contributed by atoms with Gasteiger partial charge in [-0.15, -0.1) is 0 Å². The highest BCUT2D eigenvalue weighted by Gasteiger charge is 2.16. The maximum Gasteiger partial charge on any atom is 0.178 e. The summed E-state index contributed by atoms with van der Waals surface area (Å²) in [7, 11) is -3.24.